The van der Waals surface area contributed by atoms with E-state index in [9.17, 15) is 35.5 Å². The molecule has 0 unspecified atom stereocenters. The normalized spacial score (nSPS) is 17.2. The van der Waals surface area contributed by atoms with E-state index in [1.807, 2.05) is 45.9 Å². The van der Waals surface area contributed by atoms with Crippen LogP contribution in [0.5, 0.6) is 0 Å². The summed E-state index contributed by atoms with van der Waals surface area (Å²) in [6.45, 7) is 7.67. The minimum Gasteiger partial charge on any atom is -0.748 e. The summed E-state index contributed by atoms with van der Waals surface area (Å²) in [5.74, 6) is -1.15. The van der Waals surface area contributed by atoms with Crippen molar-refractivity contribution in [2.75, 3.05) is 54.2 Å². The van der Waals surface area contributed by atoms with E-state index in [1.54, 1.807) is 45.9 Å². The molecule has 0 aromatic heterocycles. The van der Waals surface area contributed by atoms with Gasteiger partial charge in [-0.3, -0.25) is 4.55 Å². The maximum Gasteiger partial charge on any atom is 1.00 e. The molecule has 14 nitrogen and oxygen atoms in total. The first-order valence-corrected chi connectivity index (χ1v) is 17.9. The molecule has 2 aromatic rings. The van der Waals surface area contributed by atoms with Gasteiger partial charge in [0.15, 0.2) is 12.3 Å². The minimum absolute atomic E-state index is 0. The fraction of sp³-hybridized carbons (Fsp3) is 0.387. The number of nitrogens with zero attached hydrogens (tertiary/aromatic N) is 2. The molecule has 0 spiro atoms. The predicted molar refractivity (Wildman–Crippen MR) is 180 cm³/mol. The third-order valence-corrected chi connectivity index (χ3v) is 9.78. The van der Waals surface area contributed by atoms with Crippen LogP contribution in [0, 0.1) is 0 Å². The van der Waals surface area contributed by atoms with Crippen LogP contribution in [0.2, 0.25) is 0 Å². The molecule has 0 radical (unpaired) electrons. The second-order valence-electron chi connectivity index (χ2n) is 12.3. The number of fused-ring (bicyclic) bond motifs is 2. The number of urea groups is 2. The monoisotopic (exact) mass is 727 g/mol. The van der Waals surface area contributed by atoms with Gasteiger partial charge in [-0.15, -0.1) is 0 Å². The first-order valence-electron chi connectivity index (χ1n) is 14.7. The van der Waals surface area contributed by atoms with Crippen molar-refractivity contribution in [1.82, 2.24) is 10.6 Å². The molecule has 2 aliphatic rings. The van der Waals surface area contributed by atoms with Gasteiger partial charge >= 0.3 is 63.4 Å². The van der Waals surface area contributed by atoms with Crippen molar-refractivity contribution in [3.63, 3.8) is 0 Å². The fourth-order valence-corrected chi connectivity index (χ4v) is 6.84. The van der Waals surface area contributed by atoms with Gasteiger partial charge in [0.2, 0.25) is 5.69 Å². The summed E-state index contributed by atoms with van der Waals surface area (Å²) in [7, 11) is -5.82. The van der Waals surface area contributed by atoms with E-state index in [0.717, 1.165) is 11.1 Å². The van der Waals surface area contributed by atoms with E-state index in [0.29, 0.717) is 34.2 Å². The Morgan fingerprint density at radius 3 is 2.00 bits per heavy atom. The van der Waals surface area contributed by atoms with E-state index in [1.165, 1.54) is 14.1 Å². The zero-order chi connectivity index (χ0) is 34.9. The Balaban J connectivity index is 0.00000625. The van der Waals surface area contributed by atoms with Crippen LogP contribution in [-0.4, -0.2) is 87.0 Å². The summed E-state index contributed by atoms with van der Waals surface area (Å²) in [5.41, 5.74) is 4.15. The SMILES string of the molecule is CNC(=O)Nc1ccc2c(c1)C(C)(C)C(C=C/C=C1/N(CCS(=O)(=O)[O-])c3ccc(NC(=O)NC)cc3C1(C)C)=[N+]2CCS(=O)(=O)O.[K+]. The fourth-order valence-electron chi connectivity index (χ4n) is 6.02. The molecule has 2 heterocycles. The van der Waals surface area contributed by atoms with Gasteiger partial charge in [-0.1, -0.05) is 19.9 Å². The summed E-state index contributed by atoms with van der Waals surface area (Å²) in [5, 5.41) is 10.5. The number of carbonyl (C=O) groups is 2. The zero-order valence-electron chi connectivity index (χ0n) is 28.0. The van der Waals surface area contributed by atoms with Gasteiger partial charge in [-0.25, -0.2) is 18.0 Å². The average molecular weight is 728 g/mol. The molecule has 254 valence electrons. The topological polar surface area (TPSA) is 200 Å². The number of hydrogen-bond donors (Lipinski definition) is 5. The summed E-state index contributed by atoms with van der Waals surface area (Å²) in [4.78, 5) is 25.7. The van der Waals surface area contributed by atoms with Crippen molar-refractivity contribution < 1.29 is 91.5 Å². The number of carbonyl (C=O) groups excluding carboxylic acids is 2. The third kappa shape index (κ3) is 8.94. The molecular weight excluding hydrogens is 688 g/mol. The number of nitrogens with one attached hydrogen (secondary N) is 4. The molecular formula is C31H40KN6O8S2+. The van der Waals surface area contributed by atoms with Crippen molar-refractivity contribution in [3.8, 4) is 0 Å². The molecule has 0 atom stereocenters. The van der Waals surface area contributed by atoms with Crippen LogP contribution in [0.4, 0.5) is 32.3 Å². The largest absolute Gasteiger partial charge is 1.00 e. The van der Waals surface area contributed by atoms with E-state index < -0.39 is 54.6 Å². The molecule has 4 rings (SSSR count). The van der Waals surface area contributed by atoms with Gasteiger partial charge in [0.25, 0.3) is 10.1 Å². The molecule has 0 aliphatic carbocycles. The minimum atomic E-state index is -4.53. The number of allylic oxidation sites excluding steroid dienone is 4. The predicted octanol–water partition coefficient (Wildman–Crippen LogP) is 0.240. The third-order valence-electron chi connectivity index (χ3n) is 8.40. The zero-order valence-corrected chi connectivity index (χ0v) is 32.8. The van der Waals surface area contributed by atoms with Crippen molar-refractivity contribution in [1.29, 1.82) is 0 Å². The van der Waals surface area contributed by atoms with Gasteiger partial charge in [-0.2, -0.15) is 13.0 Å². The first kappa shape index (κ1) is 39.8. The molecule has 5 N–H and O–H groups in total. The molecule has 0 fully saturated rings. The quantitative estimate of drug-likeness (QED) is 0.129. The first-order chi connectivity index (χ1) is 21.8. The number of benzene rings is 2. The molecule has 17 heteroatoms. The van der Waals surface area contributed by atoms with E-state index in [4.69, 9.17) is 0 Å². The van der Waals surface area contributed by atoms with E-state index >= 15 is 0 Å². The Kier molecular flexibility index (Phi) is 12.5. The van der Waals surface area contributed by atoms with Crippen molar-refractivity contribution in [2.24, 2.45) is 0 Å². The van der Waals surface area contributed by atoms with Crippen molar-refractivity contribution in [2.45, 2.75) is 38.5 Å². The second-order valence-corrected chi connectivity index (χ2v) is 15.4. The van der Waals surface area contributed by atoms with Crippen LogP contribution >= 0.6 is 0 Å². The van der Waals surface area contributed by atoms with E-state index in [-0.39, 0.29) is 64.5 Å². The molecule has 0 saturated heterocycles. The Morgan fingerprint density at radius 1 is 0.896 bits per heavy atom. The van der Waals surface area contributed by atoms with Crippen molar-refractivity contribution in [3.05, 3.63) is 71.5 Å². The van der Waals surface area contributed by atoms with Crippen LogP contribution < -0.4 is 77.6 Å². The van der Waals surface area contributed by atoms with E-state index in [2.05, 4.69) is 21.3 Å². The number of hydrogen-bond acceptors (Lipinski definition) is 8. The maximum absolute atomic E-state index is 12.0. The van der Waals surface area contributed by atoms with Crippen LogP contribution in [-0.2, 0) is 31.1 Å². The Hall–Kier alpha value is -2.61. The Morgan fingerprint density at radius 2 is 1.46 bits per heavy atom. The molecule has 0 bridgehead atoms. The standard InChI is InChI=1S/C31H40N6O8S2.K/c1-30(2)22-18-20(34-28(38)32-5)10-12-24(22)36(14-16-46(40,41)42)26(30)8-7-9-27-31(3,4)23-19-21(35-29(39)33-6)11-13-25(23)37(27)15-17-47(43,44)45;/h7-13,18-19H,14-17H2,1-6H3,(H5-,32,33,34,35,38,39,40,41,42,43,44,45);/q;+1. The number of amides is 4. The molecule has 4 amide bonds. The van der Waals surface area contributed by atoms with Crippen LogP contribution in [0.1, 0.15) is 38.8 Å². The maximum atomic E-state index is 12.0. The summed E-state index contributed by atoms with van der Waals surface area (Å²) in [6, 6.07) is 9.75. The molecule has 2 aliphatic heterocycles. The smallest absolute Gasteiger partial charge is 0.748 e. The average Bonchev–Trinajstić information content (AvgIpc) is 3.32. The number of rotatable bonds is 10. The molecule has 2 aromatic carbocycles. The Bertz CT molecular complexity index is 1920. The number of anilines is 3. The molecule has 48 heavy (non-hydrogen) atoms. The van der Waals surface area contributed by atoms with Crippen LogP contribution in [0.15, 0.2) is 60.3 Å². The van der Waals surface area contributed by atoms with Gasteiger partial charge in [0.05, 0.1) is 21.3 Å². The summed E-state index contributed by atoms with van der Waals surface area (Å²) < 4.78 is 69.8. The van der Waals surface area contributed by atoms with Gasteiger partial charge in [-0.05, 0) is 55.8 Å². The van der Waals surface area contributed by atoms with Crippen LogP contribution in [0.3, 0.4) is 0 Å². The van der Waals surface area contributed by atoms with Crippen molar-refractivity contribution >= 4 is 60.8 Å². The summed E-state index contributed by atoms with van der Waals surface area (Å²) >= 11 is 0. The molecule has 0 saturated carbocycles. The second kappa shape index (κ2) is 15.1. The summed E-state index contributed by atoms with van der Waals surface area (Å²) in [6.07, 6.45) is 5.41. The van der Waals surface area contributed by atoms with Gasteiger partial charge < -0.3 is 30.7 Å². The van der Waals surface area contributed by atoms with Gasteiger partial charge in [0, 0.05) is 66.5 Å². The van der Waals surface area contributed by atoms with Crippen LogP contribution in [0.25, 0.3) is 0 Å². The Labute approximate surface area is 324 Å². The van der Waals surface area contributed by atoms with Gasteiger partial charge in [0.1, 0.15) is 5.75 Å².